The number of aryl methyl sites for hydroxylation is 1. The van der Waals surface area contributed by atoms with Gasteiger partial charge in [-0.2, -0.15) is 0 Å². The third-order valence-corrected chi connectivity index (χ3v) is 5.41. The molecule has 0 aliphatic heterocycles. The number of nitrogens with zero attached hydrogens (tertiary/aromatic N) is 1. The molecule has 2 nitrogen and oxygen atoms in total. The van der Waals surface area contributed by atoms with Crippen molar-refractivity contribution in [3.05, 3.63) is 39.1 Å². The second kappa shape index (κ2) is 6.55. The molecule has 1 heterocycles. The molecule has 1 atom stereocenters. The van der Waals surface area contributed by atoms with E-state index in [0.717, 1.165) is 41.0 Å². The Kier molecular flexibility index (Phi) is 4.72. The smallest absolute Gasteiger partial charge is 0.133 e. The van der Waals surface area contributed by atoms with Crippen LogP contribution in [0, 0.1) is 5.82 Å². The topological polar surface area (TPSA) is 24.9 Å². The lowest BCUT2D eigenvalue weighted by molar-refractivity contribution is 0.454. The van der Waals surface area contributed by atoms with E-state index >= 15 is 0 Å². The van der Waals surface area contributed by atoms with Gasteiger partial charge in [-0.25, -0.2) is 9.37 Å². The minimum absolute atomic E-state index is 0.206. The van der Waals surface area contributed by atoms with Crippen LogP contribution in [0.25, 0.3) is 10.6 Å². The summed E-state index contributed by atoms with van der Waals surface area (Å²) in [5.41, 5.74) is 1.73. The van der Waals surface area contributed by atoms with E-state index in [1.807, 2.05) is 6.07 Å². The summed E-state index contributed by atoms with van der Waals surface area (Å²) >= 11 is 5.05. The fourth-order valence-electron chi connectivity index (χ4n) is 2.71. The molecule has 1 aromatic carbocycles. The first-order valence-electron chi connectivity index (χ1n) is 7.37. The number of halogens is 2. The van der Waals surface area contributed by atoms with Crippen LogP contribution in [0.15, 0.2) is 22.7 Å². The Morgan fingerprint density at radius 3 is 3.14 bits per heavy atom. The Morgan fingerprint density at radius 2 is 2.33 bits per heavy atom. The summed E-state index contributed by atoms with van der Waals surface area (Å²) in [7, 11) is 0. The fourth-order valence-corrected chi connectivity index (χ4v) is 4.26. The average Bonchev–Trinajstić information content (AvgIpc) is 2.92. The zero-order valence-corrected chi connectivity index (χ0v) is 14.4. The number of benzene rings is 1. The first kappa shape index (κ1) is 15.1. The highest BCUT2D eigenvalue weighted by atomic mass is 79.9. The van der Waals surface area contributed by atoms with E-state index in [1.165, 1.54) is 17.4 Å². The van der Waals surface area contributed by atoms with Crippen molar-refractivity contribution in [2.75, 3.05) is 6.54 Å². The van der Waals surface area contributed by atoms with Crippen LogP contribution in [0.1, 0.15) is 42.8 Å². The van der Waals surface area contributed by atoms with Gasteiger partial charge in [-0.15, -0.1) is 11.3 Å². The Bertz CT molecular complexity index is 641. The van der Waals surface area contributed by atoms with Crippen molar-refractivity contribution in [3.8, 4) is 10.6 Å². The van der Waals surface area contributed by atoms with Gasteiger partial charge < -0.3 is 5.32 Å². The number of aromatic nitrogens is 1. The summed E-state index contributed by atoms with van der Waals surface area (Å²) in [6, 6.07) is 5.35. The van der Waals surface area contributed by atoms with Crippen molar-refractivity contribution >= 4 is 27.3 Å². The molecular weight excluding hydrogens is 351 g/mol. The normalized spacial score (nSPS) is 17.8. The molecular formula is C16H18BrFN2S. The number of rotatable bonds is 4. The number of fused-ring (bicyclic) bond motifs is 1. The molecule has 1 N–H and O–H groups in total. The van der Waals surface area contributed by atoms with E-state index in [9.17, 15) is 4.39 Å². The lowest BCUT2D eigenvalue weighted by atomic mass is 9.97. The summed E-state index contributed by atoms with van der Waals surface area (Å²) in [6.45, 7) is 3.17. The Balaban J connectivity index is 1.96. The number of nitrogens with one attached hydrogen (secondary N) is 1. The number of hydrogen-bond donors (Lipinski definition) is 1. The van der Waals surface area contributed by atoms with Crippen molar-refractivity contribution in [2.45, 2.75) is 38.6 Å². The van der Waals surface area contributed by atoms with Crippen LogP contribution in [0.5, 0.6) is 0 Å². The van der Waals surface area contributed by atoms with E-state index in [-0.39, 0.29) is 5.82 Å². The van der Waals surface area contributed by atoms with E-state index in [2.05, 4.69) is 28.2 Å². The van der Waals surface area contributed by atoms with Crippen LogP contribution < -0.4 is 5.32 Å². The third kappa shape index (κ3) is 3.20. The molecule has 0 radical (unpaired) electrons. The van der Waals surface area contributed by atoms with Crippen LogP contribution in [0.2, 0.25) is 0 Å². The maximum Gasteiger partial charge on any atom is 0.133 e. The molecule has 112 valence electrons. The molecule has 2 aromatic rings. The summed E-state index contributed by atoms with van der Waals surface area (Å²) in [4.78, 5) is 6.06. The maximum atomic E-state index is 14.0. The standard InChI is InChI=1S/C16H18BrFN2S/c1-2-8-19-13-4-3-5-14-15(13)20-16(21-14)11-9-10(17)6-7-12(11)18/h6-7,9,13,19H,2-5,8H2,1H3. The molecule has 21 heavy (non-hydrogen) atoms. The quantitative estimate of drug-likeness (QED) is 0.812. The minimum Gasteiger partial charge on any atom is -0.309 e. The van der Waals surface area contributed by atoms with Crippen molar-refractivity contribution in [1.29, 1.82) is 0 Å². The molecule has 0 bridgehead atoms. The van der Waals surface area contributed by atoms with E-state index in [0.29, 0.717) is 11.6 Å². The molecule has 3 rings (SSSR count). The first-order chi connectivity index (χ1) is 10.2. The molecule has 1 aromatic heterocycles. The molecule has 0 amide bonds. The molecule has 5 heteroatoms. The monoisotopic (exact) mass is 368 g/mol. The highest BCUT2D eigenvalue weighted by Crippen LogP contribution is 2.38. The van der Waals surface area contributed by atoms with Gasteiger partial charge >= 0.3 is 0 Å². The number of thiazole rings is 1. The summed E-state index contributed by atoms with van der Waals surface area (Å²) in [5.74, 6) is -0.206. The van der Waals surface area contributed by atoms with Gasteiger partial charge in [-0.05, 0) is 50.4 Å². The second-order valence-corrected chi connectivity index (χ2v) is 7.35. The lowest BCUT2D eigenvalue weighted by Gasteiger charge is -2.22. The largest absolute Gasteiger partial charge is 0.309 e. The van der Waals surface area contributed by atoms with Gasteiger partial charge in [0.2, 0.25) is 0 Å². The molecule has 0 spiro atoms. The summed E-state index contributed by atoms with van der Waals surface area (Å²) in [6.07, 6.45) is 4.48. The lowest BCUT2D eigenvalue weighted by Crippen LogP contribution is -2.25. The average molecular weight is 369 g/mol. The molecule has 0 saturated heterocycles. The van der Waals surface area contributed by atoms with Crippen molar-refractivity contribution < 1.29 is 4.39 Å². The van der Waals surface area contributed by atoms with Crippen LogP contribution in [0.3, 0.4) is 0 Å². The Morgan fingerprint density at radius 1 is 1.48 bits per heavy atom. The van der Waals surface area contributed by atoms with Gasteiger partial charge in [-0.3, -0.25) is 0 Å². The van der Waals surface area contributed by atoms with Crippen molar-refractivity contribution in [1.82, 2.24) is 10.3 Å². The maximum absolute atomic E-state index is 14.0. The van der Waals surface area contributed by atoms with Gasteiger partial charge in [-0.1, -0.05) is 22.9 Å². The van der Waals surface area contributed by atoms with Gasteiger partial charge in [0, 0.05) is 14.9 Å². The van der Waals surface area contributed by atoms with Crippen LogP contribution in [0.4, 0.5) is 4.39 Å². The van der Waals surface area contributed by atoms with E-state index in [4.69, 9.17) is 4.98 Å². The first-order valence-corrected chi connectivity index (χ1v) is 8.98. The zero-order valence-electron chi connectivity index (χ0n) is 12.0. The Labute approximate surface area is 136 Å². The zero-order chi connectivity index (χ0) is 14.8. The van der Waals surface area contributed by atoms with Crippen LogP contribution in [-0.4, -0.2) is 11.5 Å². The molecule has 1 unspecified atom stereocenters. The predicted molar refractivity (Wildman–Crippen MR) is 89.2 cm³/mol. The summed E-state index contributed by atoms with van der Waals surface area (Å²) < 4.78 is 14.9. The van der Waals surface area contributed by atoms with E-state index in [1.54, 1.807) is 17.4 Å². The summed E-state index contributed by atoms with van der Waals surface area (Å²) in [5, 5.41) is 4.35. The molecule has 0 saturated carbocycles. The molecule has 0 fully saturated rings. The van der Waals surface area contributed by atoms with Crippen molar-refractivity contribution in [3.63, 3.8) is 0 Å². The third-order valence-electron chi connectivity index (χ3n) is 3.75. The van der Waals surface area contributed by atoms with Crippen LogP contribution in [-0.2, 0) is 6.42 Å². The van der Waals surface area contributed by atoms with Gasteiger partial charge in [0.05, 0.1) is 11.7 Å². The highest BCUT2D eigenvalue weighted by Gasteiger charge is 2.25. The van der Waals surface area contributed by atoms with Gasteiger partial charge in [0.15, 0.2) is 0 Å². The van der Waals surface area contributed by atoms with Gasteiger partial charge in [0.25, 0.3) is 0 Å². The second-order valence-electron chi connectivity index (χ2n) is 5.35. The Hall–Kier alpha value is -0.780. The fraction of sp³-hybridized carbons (Fsp3) is 0.438. The van der Waals surface area contributed by atoms with Gasteiger partial charge in [0.1, 0.15) is 10.8 Å². The predicted octanol–water partition coefficient (Wildman–Crippen LogP) is 5.09. The van der Waals surface area contributed by atoms with Crippen molar-refractivity contribution in [2.24, 2.45) is 0 Å². The number of hydrogen-bond acceptors (Lipinski definition) is 3. The molecule has 1 aliphatic carbocycles. The minimum atomic E-state index is -0.206. The molecule has 1 aliphatic rings. The van der Waals surface area contributed by atoms with E-state index < -0.39 is 0 Å². The highest BCUT2D eigenvalue weighted by molar-refractivity contribution is 9.10. The van der Waals surface area contributed by atoms with Crippen LogP contribution >= 0.6 is 27.3 Å². The SMILES string of the molecule is CCCNC1CCCc2sc(-c3cc(Br)ccc3F)nc21.